The lowest BCUT2D eigenvalue weighted by Crippen LogP contribution is -1.66. The second-order valence-corrected chi connectivity index (χ2v) is 2.62. The van der Waals surface area contributed by atoms with Crippen LogP contribution in [-0.2, 0) is 0 Å². The molecule has 0 saturated heterocycles. The molecule has 86 valence electrons. The maximum Gasteiger partial charge on any atom is 0.0967 e. The molecule has 13 heavy (non-hydrogen) atoms. The van der Waals surface area contributed by atoms with E-state index in [0.717, 1.165) is 14.2 Å². The Labute approximate surface area is 92.9 Å². The van der Waals surface area contributed by atoms with Gasteiger partial charge in [0, 0.05) is 14.2 Å². The highest BCUT2D eigenvalue weighted by atomic mass is 35.5. The van der Waals surface area contributed by atoms with E-state index in [-0.39, 0.29) is 5.34 Å². The van der Waals surface area contributed by atoms with Crippen molar-refractivity contribution in [3.05, 3.63) is 0 Å². The molecule has 0 heterocycles. The number of aliphatic hydroxyl groups excluding tert-OH is 2. The van der Waals surface area contributed by atoms with E-state index < -0.39 is 0 Å². The average Bonchev–Trinajstić information content (AvgIpc) is 2.22. The van der Waals surface area contributed by atoms with E-state index in [0.29, 0.717) is 0 Å². The van der Waals surface area contributed by atoms with Crippen LogP contribution in [-0.4, -0.2) is 29.8 Å². The molecular weight excluding hydrogens is 211 g/mol. The minimum atomic E-state index is 0.194. The molecule has 0 bridgehead atoms. The highest BCUT2D eigenvalue weighted by molar-refractivity contribution is 6.40. The Balaban J connectivity index is -0.0000000493. The number of rotatable bonds is 3. The van der Waals surface area contributed by atoms with Gasteiger partial charge in [-0.25, -0.2) is 0 Å². The van der Waals surface area contributed by atoms with Gasteiger partial charge in [-0.1, -0.05) is 39.5 Å². The molecule has 0 aromatic rings. The lowest BCUT2D eigenvalue weighted by atomic mass is 10.2. The smallest absolute Gasteiger partial charge is 0.0967 e. The third kappa shape index (κ3) is 112. The van der Waals surface area contributed by atoms with E-state index >= 15 is 0 Å². The summed E-state index contributed by atoms with van der Waals surface area (Å²) in [7, 11) is 2.00. The minimum Gasteiger partial charge on any atom is -0.400 e. The monoisotopic (exact) mass is 234 g/mol. The second-order valence-electron chi connectivity index (χ2n) is 1.81. The third-order valence-electron chi connectivity index (χ3n) is 0.957. The molecule has 2 N–H and O–H groups in total. The quantitative estimate of drug-likeness (QED) is 0.582. The topological polar surface area (TPSA) is 40.5 Å². The van der Waals surface area contributed by atoms with Crippen LogP contribution in [0.3, 0.4) is 0 Å². The zero-order chi connectivity index (χ0) is 11.5. The zero-order valence-electron chi connectivity index (χ0n) is 9.19. The summed E-state index contributed by atoms with van der Waals surface area (Å²) in [5.74, 6) is 0. The first kappa shape index (κ1) is 23.4. The molecule has 0 aromatic carbocycles. The van der Waals surface area contributed by atoms with Crippen molar-refractivity contribution in [2.24, 2.45) is 0 Å². The summed E-state index contributed by atoms with van der Waals surface area (Å²) >= 11 is 9.53. The Hall–Kier alpha value is 0.500. The van der Waals surface area contributed by atoms with Crippen LogP contribution in [0, 0.1) is 0 Å². The van der Waals surface area contributed by atoms with Crippen LogP contribution in [0.15, 0.2) is 0 Å². The number of hydrogen-bond acceptors (Lipinski definition) is 2. The molecule has 0 aliphatic rings. The molecule has 0 saturated carbocycles. The lowest BCUT2D eigenvalue weighted by Gasteiger charge is -1.86. The average molecular weight is 235 g/mol. The SMILES string of the molecule is CCCCCC.CO.CO.ClCCl. The van der Waals surface area contributed by atoms with Crippen LogP contribution in [0.2, 0.25) is 0 Å². The molecule has 0 amide bonds. The number of halogens is 2. The van der Waals surface area contributed by atoms with Gasteiger partial charge in [0.05, 0.1) is 5.34 Å². The van der Waals surface area contributed by atoms with E-state index in [9.17, 15) is 0 Å². The molecule has 0 rings (SSSR count). The molecule has 0 unspecified atom stereocenters. The molecule has 0 aromatic heterocycles. The van der Waals surface area contributed by atoms with E-state index in [1.165, 1.54) is 25.7 Å². The summed E-state index contributed by atoms with van der Waals surface area (Å²) in [6, 6.07) is 0. The van der Waals surface area contributed by atoms with E-state index in [1.807, 2.05) is 0 Å². The van der Waals surface area contributed by atoms with Gasteiger partial charge in [0.25, 0.3) is 0 Å². The van der Waals surface area contributed by atoms with Crippen molar-refractivity contribution < 1.29 is 10.2 Å². The van der Waals surface area contributed by atoms with Crippen LogP contribution in [0.25, 0.3) is 0 Å². The predicted octanol–water partition coefficient (Wildman–Crippen LogP) is 3.23. The summed E-state index contributed by atoms with van der Waals surface area (Å²) in [6.07, 6.45) is 5.54. The first-order chi connectivity index (χ1) is 6.33. The maximum atomic E-state index is 7.00. The van der Waals surface area contributed by atoms with Crippen molar-refractivity contribution in [3.63, 3.8) is 0 Å². The van der Waals surface area contributed by atoms with Crippen LogP contribution in [0.1, 0.15) is 39.5 Å². The molecule has 4 heteroatoms. The van der Waals surface area contributed by atoms with E-state index in [2.05, 4.69) is 13.8 Å². The maximum absolute atomic E-state index is 7.00. The van der Waals surface area contributed by atoms with Gasteiger partial charge in [-0.2, -0.15) is 0 Å². The van der Waals surface area contributed by atoms with Gasteiger partial charge in [0.15, 0.2) is 0 Å². The van der Waals surface area contributed by atoms with Crippen molar-refractivity contribution in [2.75, 3.05) is 19.6 Å². The lowest BCUT2D eigenvalue weighted by molar-refractivity contribution is 0.399. The Kier molecular flexibility index (Phi) is 98.3. The highest BCUT2D eigenvalue weighted by Crippen LogP contribution is 1.95. The molecular formula is C9H24Cl2O2. The van der Waals surface area contributed by atoms with E-state index in [4.69, 9.17) is 33.4 Å². The normalized spacial score (nSPS) is 6.46. The molecule has 0 spiro atoms. The van der Waals surface area contributed by atoms with Crippen molar-refractivity contribution in [1.82, 2.24) is 0 Å². The van der Waals surface area contributed by atoms with Crippen LogP contribution < -0.4 is 0 Å². The summed E-state index contributed by atoms with van der Waals surface area (Å²) in [5, 5.41) is 14.2. The summed E-state index contributed by atoms with van der Waals surface area (Å²) in [4.78, 5) is 0. The minimum absolute atomic E-state index is 0.194. The van der Waals surface area contributed by atoms with Gasteiger partial charge in [-0.3, -0.25) is 0 Å². The molecule has 0 atom stereocenters. The number of hydrogen-bond donors (Lipinski definition) is 2. The Morgan fingerprint density at radius 2 is 0.923 bits per heavy atom. The number of aliphatic hydroxyl groups is 2. The Morgan fingerprint density at radius 1 is 0.769 bits per heavy atom. The van der Waals surface area contributed by atoms with Crippen molar-refractivity contribution in [3.8, 4) is 0 Å². The Bertz CT molecular complexity index is 34.8. The molecule has 0 fully saturated rings. The summed E-state index contributed by atoms with van der Waals surface area (Å²) in [5.41, 5.74) is 0. The molecule has 2 nitrogen and oxygen atoms in total. The fourth-order valence-corrected chi connectivity index (χ4v) is 0.500. The fourth-order valence-electron chi connectivity index (χ4n) is 0.500. The van der Waals surface area contributed by atoms with Gasteiger partial charge in [0.1, 0.15) is 0 Å². The molecule has 0 radical (unpaired) electrons. The van der Waals surface area contributed by atoms with Crippen LogP contribution >= 0.6 is 23.2 Å². The first-order valence-corrected chi connectivity index (χ1v) is 5.41. The highest BCUT2D eigenvalue weighted by Gasteiger charge is 1.75. The number of alkyl halides is 2. The van der Waals surface area contributed by atoms with Gasteiger partial charge in [-0.05, 0) is 0 Å². The number of unbranched alkanes of at least 4 members (excludes halogenated alkanes) is 3. The van der Waals surface area contributed by atoms with Crippen LogP contribution in [0.5, 0.6) is 0 Å². The van der Waals surface area contributed by atoms with Gasteiger partial charge in [-0.15, -0.1) is 23.2 Å². The summed E-state index contributed by atoms with van der Waals surface area (Å²) in [6.45, 7) is 4.46. The van der Waals surface area contributed by atoms with Gasteiger partial charge < -0.3 is 10.2 Å². The van der Waals surface area contributed by atoms with Gasteiger partial charge in [0.2, 0.25) is 0 Å². The standard InChI is InChI=1S/C6H14.CH2Cl2.2CH4O/c1-3-5-6-4-2;2-1-3;2*1-2/h3-6H2,1-2H3;1H2;2*2H,1H3. The predicted molar refractivity (Wildman–Crippen MR) is 62.7 cm³/mol. The molecule has 0 aliphatic heterocycles. The van der Waals surface area contributed by atoms with E-state index in [1.54, 1.807) is 0 Å². The zero-order valence-corrected chi connectivity index (χ0v) is 10.7. The van der Waals surface area contributed by atoms with Gasteiger partial charge >= 0.3 is 0 Å². The largest absolute Gasteiger partial charge is 0.400 e. The van der Waals surface area contributed by atoms with Crippen molar-refractivity contribution in [1.29, 1.82) is 0 Å². The second kappa shape index (κ2) is 54.6. The Morgan fingerprint density at radius 3 is 1.00 bits per heavy atom. The fraction of sp³-hybridized carbons (Fsp3) is 1.00. The first-order valence-electron chi connectivity index (χ1n) is 4.34. The van der Waals surface area contributed by atoms with Crippen molar-refractivity contribution in [2.45, 2.75) is 39.5 Å². The van der Waals surface area contributed by atoms with Crippen LogP contribution in [0.4, 0.5) is 0 Å². The third-order valence-corrected chi connectivity index (χ3v) is 0.957. The van der Waals surface area contributed by atoms with Crippen molar-refractivity contribution >= 4 is 23.2 Å². The summed E-state index contributed by atoms with van der Waals surface area (Å²) < 4.78 is 0. The molecule has 0 aliphatic carbocycles.